The number of rotatable bonds is 5. The van der Waals surface area contributed by atoms with Crippen LogP contribution in [0.4, 0.5) is 0 Å². The summed E-state index contributed by atoms with van der Waals surface area (Å²) in [7, 11) is 3.21. The first-order chi connectivity index (χ1) is 10.7. The summed E-state index contributed by atoms with van der Waals surface area (Å²) in [4.78, 5) is 15.1. The van der Waals surface area contributed by atoms with Crippen molar-refractivity contribution in [2.24, 2.45) is 0 Å². The van der Waals surface area contributed by atoms with Crippen LogP contribution >= 0.6 is 11.5 Å². The lowest BCUT2D eigenvalue weighted by Crippen LogP contribution is -2.33. The molecule has 2 heterocycles. The average molecular weight is 322 g/mol. The summed E-state index contributed by atoms with van der Waals surface area (Å²) in [6, 6.07) is 3.67. The van der Waals surface area contributed by atoms with Crippen LogP contribution in [0.3, 0.4) is 0 Å². The van der Waals surface area contributed by atoms with Gasteiger partial charge in [-0.2, -0.15) is 0 Å². The molecule has 0 bridgehead atoms. The highest BCUT2D eigenvalue weighted by molar-refractivity contribution is 7.13. The van der Waals surface area contributed by atoms with Crippen molar-refractivity contribution in [1.82, 2.24) is 8.86 Å². The molecular formula is C16H22N2O3S. The van der Waals surface area contributed by atoms with Gasteiger partial charge in [-0.05, 0) is 32.0 Å². The summed E-state index contributed by atoms with van der Waals surface area (Å²) in [6.45, 7) is 3.98. The Labute approximate surface area is 134 Å². The first kappa shape index (κ1) is 15.4. The second kappa shape index (κ2) is 6.71. The third kappa shape index (κ3) is 2.98. The number of hydrogen-bond acceptors (Lipinski definition) is 5. The number of benzene rings is 1. The number of likely N-dealkylation sites (tertiary alicyclic amines) is 1. The van der Waals surface area contributed by atoms with Crippen molar-refractivity contribution in [2.45, 2.75) is 25.8 Å². The van der Waals surface area contributed by atoms with Gasteiger partial charge >= 0.3 is 0 Å². The maximum absolute atomic E-state index is 12.6. The van der Waals surface area contributed by atoms with Crippen molar-refractivity contribution in [1.29, 1.82) is 0 Å². The van der Waals surface area contributed by atoms with E-state index in [1.54, 1.807) is 20.3 Å². The van der Waals surface area contributed by atoms with Crippen LogP contribution in [0, 0.1) is 0 Å². The highest BCUT2D eigenvalue weighted by Crippen LogP contribution is 2.31. The first-order valence-corrected chi connectivity index (χ1v) is 8.48. The van der Waals surface area contributed by atoms with Crippen LogP contribution in [0.25, 0.3) is 10.1 Å². The molecule has 0 amide bonds. The van der Waals surface area contributed by atoms with Gasteiger partial charge in [0.25, 0.3) is 5.56 Å². The van der Waals surface area contributed by atoms with Crippen molar-refractivity contribution in [3.63, 3.8) is 0 Å². The molecule has 0 saturated carbocycles. The minimum atomic E-state index is 0.0384. The third-order valence-corrected chi connectivity index (χ3v) is 5.30. The molecule has 120 valence electrons. The normalized spacial score (nSPS) is 16.1. The minimum Gasteiger partial charge on any atom is -0.497 e. The number of aromatic nitrogens is 1. The SMILES string of the molecule is COc1cc(OC)c2c(=O)n(CCN3CCCCC3)sc2c1. The summed E-state index contributed by atoms with van der Waals surface area (Å²) in [6.07, 6.45) is 3.87. The molecule has 1 aliphatic heterocycles. The fourth-order valence-electron chi connectivity index (χ4n) is 2.97. The standard InChI is InChI=1S/C16H22N2O3S/c1-20-12-10-13(21-2)15-14(11-12)22-18(16(15)19)9-8-17-6-4-3-5-7-17/h10-11H,3-9H2,1-2H3. The second-order valence-corrected chi connectivity index (χ2v) is 6.67. The zero-order chi connectivity index (χ0) is 15.5. The Morgan fingerprint density at radius 3 is 2.55 bits per heavy atom. The molecule has 1 aliphatic rings. The molecule has 1 aromatic heterocycles. The largest absolute Gasteiger partial charge is 0.497 e. The number of hydrogen-bond donors (Lipinski definition) is 0. The summed E-state index contributed by atoms with van der Waals surface area (Å²) < 4.78 is 13.4. The number of piperidine rings is 1. The lowest BCUT2D eigenvalue weighted by atomic mass is 10.1. The fraction of sp³-hybridized carbons (Fsp3) is 0.562. The Kier molecular flexibility index (Phi) is 4.69. The van der Waals surface area contributed by atoms with E-state index in [0.29, 0.717) is 16.9 Å². The van der Waals surface area contributed by atoms with E-state index in [9.17, 15) is 4.79 Å². The topological polar surface area (TPSA) is 43.7 Å². The molecule has 1 fully saturated rings. The third-order valence-electron chi connectivity index (χ3n) is 4.21. The second-order valence-electron chi connectivity index (χ2n) is 5.60. The van der Waals surface area contributed by atoms with Crippen molar-refractivity contribution < 1.29 is 9.47 Å². The smallest absolute Gasteiger partial charge is 0.272 e. The van der Waals surface area contributed by atoms with Crippen LogP contribution in [0.15, 0.2) is 16.9 Å². The lowest BCUT2D eigenvalue weighted by molar-refractivity contribution is 0.222. The lowest BCUT2D eigenvalue weighted by Gasteiger charge is -2.26. The molecule has 0 N–H and O–H groups in total. The maximum atomic E-state index is 12.6. The molecule has 6 heteroatoms. The molecular weight excluding hydrogens is 300 g/mol. The van der Waals surface area contributed by atoms with E-state index < -0.39 is 0 Å². The Hall–Kier alpha value is -1.53. The maximum Gasteiger partial charge on any atom is 0.272 e. The van der Waals surface area contributed by atoms with Gasteiger partial charge in [0, 0.05) is 19.2 Å². The van der Waals surface area contributed by atoms with E-state index in [1.165, 1.54) is 30.8 Å². The minimum absolute atomic E-state index is 0.0384. The Bertz CT molecular complexity index is 701. The van der Waals surface area contributed by atoms with Crippen molar-refractivity contribution in [3.8, 4) is 11.5 Å². The Balaban J connectivity index is 1.87. The van der Waals surface area contributed by atoms with Gasteiger partial charge in [0.05, 0.1) is 18.9 Å². The van der Waals surface area contributed by atoms with E-state index in [1.807, 2.05) is 10.0 Å². The van der Waals surface area contributed by atoms with E-state index in [-0.39, 0.29) is 5.56 Å². The zero-order valence-corrected chi connectivity index (χ0v) is 13.9. The average Bonchev–Trinajstić information content (AvgIpc) is 2.89. The number of methoxy groups -OCH3 is 2. The predicted octanol–water partition coefficient (Wildman–Crippen LogP) is 2.57. The quantitative estimate of drug-likeness (QED) is 0.848. The zero-order valence-electron chi connectivity index (χ0n) is 13.1. The van der Waals surface area contributed by atoms with Crippen LogP contribution in [-0.2, 0) is 6.54 Å². The summed E-state index contributed by atoms with van der Waals surface area (Å²) in [5.74, 6) is 1.31. The van der Waals surface area contributed by atoms with Crippen molar-refractivity contribution in [3.05, 3.63) is 22.5 Å². The molecule has 3 rings (SSSR count). The van der Waals surface area contributed by atoms with E-state index in [4.69, 9.17) is 9.47 Å². The van der Waals surface area contributed by atoms with E-state index in [2.05, 4.69) is 4.90 Å². The molecule has 5 nitrogen and oxygen atoms in total. The Morgan fingerprint density at radius 2 is 1.86 bits per heavy atom. The summed E-state index contributed by atoms with van der Waals surface area (Å²) in [5, 5.41) is 0.659. The molecule has 0 aliphatic carbocycles. The predicted molar refractivity (Wildman–Crippen MR) is 89.5 cm³/mol. The molecule has 2 aromatic rings. The van der Waals surface area contributed by atoms with Crippen LogP contribution in [0.1, 0.15) is 19.3 Å². The van der Waals surface area contributed by atoms with Crippen molar-refractivity contribution in [2.75, 3.05) is 33.9 Å². The van der Waals surface area contributed by atoms with Gasteiger partial charge in [-0.15, -0.1) is 0 Å². The van der Waals surface area contributed by atoms with E-state index in [0.717, 1.165) is 30.9 Å². The Morgan fingerprint density at radius 1 is 1.09 bits per heavy atom. The molecule has 0 atom stereocenters. The number of nitrogens with zero attached hydrogens (tertiary/aromatic N) is 2. The van der Waals surface area contributed by atoms with Gasteiger partial charge < -0.3 is 14.4 Å². The van der Waals surface area contributed by atoms with Gasteiger partial charge in [0.15, 0.2) is 0 Å². The van der Waals surface area contributed by atoms with Crippen molar-refractivity contribution >= 4 is 21.6 Å². The molecule has 0 spiro atoms. The van der Waals surface area contributed by atoms with Gasteiger partial charge in [0.1, 0.15) is 16.9 Å². The van der Waals surface area contributed by atoms with Gasteiger partial charge in [-0.25, -0.2) is 0 Å². The molecule has 1 aromatic carbocycles. The van der Waals surface area contributed by atoms with Crippen LogP contribution in [-0.4, -0.2) is 42.7 Å². The van der Waals surface area contributed by atoms with Gasteiger partial charge in [-0.3, -0.25) is 8.75 Å². The summed E-state index contributed by atoms with van der Waals surface area (Å²) >= 11 is 1.49. The van der Waals surface area contributed by atoms with Crippen LogP contribution in [0.2, 0.25) is 0 Å². The molecule has 0 radical (unpaired) electrons. The molecule has 22 heavy (non-hydrogen) atoms. The highest BCUT2D eigenvalue weighted by atomic mass is 32.1. The molecule has 0 unspecified atom stereocenters. The van der Waals surface area contributed by atoms with Gasteiger partial charge in [0.2, 0.25) is 0 Å². The summed E-state index contributed by atoms with van der Waals surface area (Å²) in [5.41, 5.74) is 0.0384. The molecule has 1 saturated heterocycles. The van der Waals surface area contributed by atoms with E-state index >= 15 is 0 Å². The number of ether oxygens (including phenoxy) is 2. The highest BCUT2D eigenvalue weighted by Gasteiger charge is 2.16. The first-order valence-electron chi connectivity index (χ1n) is 7.71. The van der Waals surface area contributed by atoms with Crippen LogP contribution < -0.4 is 15.0 Å². The fourth-order valence-corrected chi connectivity index (χ4v) is 4.01. The van der Waals surface area contributed by atoms with Crippen LogP contribution in [0.5, 0.6) is 11.5 Å². The van der Waals surface area contributed by atoms with Gasteiger partial charge in [-0.1, -0.05) is 18.0 Å². The monoisotopic (exact) mass is 322 g/mol. The number of fused-ring (bicyclic) bond motifs is 1.